The third-order valence-electron chi connectivity index (χ3n) is 4.22. The van der Waals surface area contributed by atoms with Crippen LogP contribution in [0.4, 0.5) is 0 Å². The molecule has 0 spiro atoms. The maximum atomic E-state index is 11.9. The van der Waals surface area contributed by atoms with Crippen LogP contribution in [-0.2, 0) is 14.4 Å². The first-order chi connectivity index (χ1) is 9.88. The van der Waals surface area contributed by atoms with Gasteiger partial charge in [0.05, 0.1) is 11.8 Å². The average molecular weight is 296 g/mol. The first-order valence-corrected chi connectivity index (χ1v) is 7.69. The van der Waals surface area contributed by atoms with Crippen LogP contribution in [0.25, 0.3) is 0 Å². The van der Waals surface area contributed by atoms with Crippen molar-refractivity contribution in [1.82, 2.24) is 10.2 Å². The molecule has 0 aromatic rings. The van der Waals surface area contributed by atoms with Crippen molar-refractivity contribution in [2.45, 2.75) is 45.6 Å². The first-order valence-electron chi connectivity index (χ1n) is 7.69. The zero-order valence-corrected chi connectivity index (χ0v) is 12.7. The topological polar surface area (TPSA) is 86.7 Å². The molecule has 0 aromatic heterocycles. The van der Waals surface area contributed by atoms with Crippen molar-refractivity contribution in [2.75, 3.05) is 13.1 Å². The van der Waals surface area contributed by atoms with Crippen LogP contribution in [0.1, 0.15) is 39.5 Å². The van der Waals surface area contributed by atoms with Crippen LogP contribution in [0.2, 0.25) is 0 Å². The maximum Gasteiger partial charge on any atom is 0.307 e. The highest BCUT2D eigenvalue weighted by molar-refractivity contribution is 5.89. The number of carbonyl (C=O) groups excluding carboxylic acids is 2. The molecular weight excluding hydrogens is 272 g/mol. The molecule has 2 rings (SSSR count). The fourth-order valence-electron chi connectivity index (χ4n) is 2.82. The Kier molecular flexibility index (Phi) is 4.85. The molecule has 6 nitrogen and oxygen atoms in total. The minimum atomic E-state index is -0.885. The second kappa shape index (κ2) is 6.45. The average Bonchev–Trinajstić information content (AvgIpc) is 3.19. The van der Waals surface area contributed by atoms with E-state index < -0.39 is 11.9 Å². The molecule has 118 valence electrons. The number of nitrogens with one attached hydrogen (secondary N) is 1. The molecule has 2 aliphatic rings. The van der Waals surface area contributed by atoms with E-state index in [1.807, 2.05) is 18.7 Å². The normalized spacial score (nSPS) is 25.8. The van der Waals surface area contributed by atoms with Crippen molar-refractivity contribution in [1.29, 1.82) is 0 Å². The molecule has 0 aromatic carbocycles. The van der Waals surface area contributed by atoms with E-state index >= 15 is 0 Å². The van der Waals surface area contributed by atoms with Gasteiger partial charge in [-0.2, -0.15) is 0 Å². The fourth-order valence-corrected chi connectivity index (χ4v) is 2.82. The van der Waals surface area contributed by atoms with E-state index in [1.54, 1.807) is 0 Å². The van der Waals surface area contributed by atoms with Crippen molar-refractivity contribution < 1.29 is 19.5 Å². The second-order valence-electron chi connectivity index (χ2n) is 6.55. The lowest BCUT2D eigenvalue weighted by Crippen LogP contribution is -2.47. The Bertz CT molecular complexity index is 427. The summed E-state index contributed by atoms with van der Waals surface area (Å²) in [6, 6.07) is 0.0654. The van der Waals surface area contributed by atoms with E-state index in [-0.39, 0.29) is 23.8 Å². The number of piperidine rings is 1. The number of hydrogen-bond donors (Lipinski definition) is 2. The van der Waals surface area contributed by atoms with Crippen LogP contribution in [0.15, 0.2) is 0 Å². The van der Waals surface area contributed by atoms with Gasteiger partial charge >= 0.3 is 5.97 Å². The molecule has 0 radical (unpaired) electrons. The van der Waals surface area contributed by atoms with Gasteiger partial charge in [-0.15, -0.1) is 0 Å². The third kappa shape index (κ3) is 4.19. The van der Waals surface area contributed by atoms with Gasteiger partial charge < -0.3 is 15.3 Å². The lowest BCUT2D eigenvalue weighted by molar-refractivity contribution is -0.140. The van der Waals surface area contributed by atoms with Crippen molar-refractivity contribution in [3.05, 3.63) is 0 Å². The Labute approximate surface area is 124 Å². The van der Waals surface area contributed by atoms with Crippen LogP contribution >= 0.6 is 0 Å². The van der Waals surface area contributed by atoms with Gasteiger partial charge in [-0.25, -0.2) is 0 Å². The molecule has 2 atom stereocenters. The summed E-state index contributed by atoms with van der Waals surface area (Å²) in [7, 11) is 0. The molecule has 6 heteroatoms. The van der Waals surface area contributed by atoms with E-state index in [2.05, 4.69) is 5.32 Å². The summed E-state index contributed by atoms with van der Waals surface area (Å²) >= 11 is 0. The van der Waals surface area contributed by atoms with Crippen molar-refractivity contribution in [2.24, 2.45) is 17.8 Å². The highest BCUT2D eigenvalue weighted by Crippen LogP contribution is 2.38. The second-order valence-corrected chi connectivity index (χ2v) is 6.55. The number of rotatable bonds is 5. The summed E-state index contributed by atoms with van der Waals surface area (Å²) in [4.78, 5) is 36.5. The minimum absolute atomic E-state index is 0.0654. The quantitative estimate of drug-likeness (QED) is 0.788. The van der Waals surface area contributed by atoms with Gasteiger partial charge in [-0.05, 0) is 25.2 Å². The molecular formula is C15H24N2O4. The Morgan fingerprint density at radius 3 is 2.29 bits per heavy atom. The number of carboxylic acid groups (broad SMARTS) is 1. The van der Waals surface area contributed by atoms with Crippen LogP contribution in [0.5, 0.6) is 0 Å². The van der Waals surface area contributed by atoms with E-state index in [9.17, 15) is 14.4 Å². The van der Waals surface area contributed by atoms with Crippen molar-refractivity contribution >= 4 is 17.8 Å². The zero-order chi connectivity index (χ0) is 15.6. The molecule has 2 fully saturated rings. The van der Waals surface area contributed by atoms with Gasteiger partial charge in [0.2, 0.25) is 11.8 Å². The van der Waals surface area contributed by atoms with Crippen molar-refractivity contribution in [3.63, 3.8) is 0 Å². The maximum absolute atomic E-state index is 11.9. The number of carbonyl (C=O) groups is 3. The highest BCUT2D eigenvalue weighted by Gasteiger charge is 2.48. The van der Waals surface area contributed by atoms with Crippen LogP contribution in [0.3, 0.4) is 0 Å². The van der Waals surface area contributed by atoms with Gasteiger partial charge in [0.1, 0.15) is 0 Å². The van der Waals surface area contributed by atoms with Gasteiger partial charge in [-0.3, -0.25) is 14.4 Å². The van der Waals surface area contributed by atoms with Gasteiger partial charge in [0.15, 0.2) is 0 Å². The monoisotopic (exact) mass is 296 g/mol. The SMILES string of the molecule is CC(C)CC(=O)N1CCC(NC(=O)C2CC2C(=O)O)CC1. The molecule has 1 heterocycles. The smallest absolute Gasteiger partial charge is 0.307 e. The van der Waals surface area contributed by atoms with Crippen LogP contribution in [-0.4, -0.2) is 46.9 Å². The predicted octanol–water partition coefficient (Wildman–Crippen LogP) is 0.860. The summed E-state index contributed by atoms with van der Waals surface area (Å²) in [5, 5.41) is 11.7. The molecule has 21 heavy (non-hydrogen) atoms. The summed E-state index contributed by atoms with van der Waals surface area (Å²) in [5.74, 6) is -1.35. The largest absolute Gasteiger partial charge is 0.481 e. The Morgan fingerprint density at radius 1 is 1.19 bits per heavy atom. The van der Waals surface area contributed by atoms with Crippen molar-refractivity contribution in [3.8, 4) is 0 Å². The first kappa shape index (κ1) is 15.8. The van der Waals surface area contributed by atoms with E-state index in [1.165, 1.54) is 0 Å². The Hall–Kier alpha value is -1.59. The highest BCUT2D eigenvalue weighted by atomic mass is 16.4. The summed E-state index contributed by atoms with van der Waals surface area (Å²) < 4.78 is 0. The number of aliphatic carboxylic acids is 1. The van der Waals surface area contributed by atoms with Gasteiger partial charge in [0.25, 0.3) is 0 Å². The predicted molar refractivity (Wildman–Crippen MR) is 76.4 cm³/mol. The standard InChI is InChI=1S/C15H24N2O4/c1-9(2)7-13(18)17-5-3-10(4-6-17)16-14(19)11-8-12(11)15(20)21/h9-12H,3-8H2,1-2H3,(H,16,19)(H,20,21). The molecule has 1 saturated heterocycles. The summed E-state index contributed by atoms with van der Waals surface area (Å²) in [6.07, 6.45) is 2.52. The number of carboxylic acids is 1. The number of nitrogens with zero attached hydrogens (tertiary/aromatic N) is 1. The van der Waals surface area contributed by atoms with E-state index in [0.29, 0.717) is 31.8 Å². The molecule has 2 amide bonds. The fraction of sp³-hybridized carbons (Fsp3) is 0.800. The minimum Gasteiger partial charge on any atom is -0.481 e. The molecule has 0 bridgehead atoms. The van der Waals surface area contributed by atoms with E-state index in [0.717, 1.165) is 12.8 Å². The lowest BCUT2D eigenvalue weighted by Gasteiger charge is -2.33. The Morgan fingerprint density at radius 2 is 1.81 bits per heavy atom. The third-order valence-corrected chi connectivity index (χ3v) is 4.22. The van der Waals surface area contributed by atoms with Crippen LogP contribution in [0, 0.1) is 17.8 Å². The molecule has 1 aliphatic carbocycles. The lowest BCUT2D eigenvalue weighted by atomic mass is 10.0. The molecule has 1 saturated carbocycles. The molecule has 1 aliphatic heterocycles. The van der Waals surface area contributed by atoms with Crippen LogP contribution < -0.4 is 5.32 Å². The van der Waals surface area contributed by atoms with Gasteiger partial charge in [-0.1, -0.05) is 13.8 Å². The molecule has 2 unspecified atom stereocenters. The summed E-state index contributed by atoms with van der Waals surface area (Å²) in [6.45, 7) is 5.39. The molecule has 2 N–H and O–H groups in total. The zero-order valence-electron chi connectivity index (χ0n) is 12.7. The van der Waals surface area contributed by atoms with E-state index in [4.69, 9.17) is 5.11 Å². The number of hydrogen-bond acceptors (Lipinski definition) is 3. The number of amides is 2. The summed E-state index contributed by atoms with van der Waals surface area (Å²) in [5.41, 5.74) is 0. The van der Waals surface area contributed by atoms with Gasteiger partial charge in [0, 0.05) is 25.6 Å². The Balaban J connectivity index is 1.71. The number of likely N-dealkylation sites (tertiary alicyclic amines) is 1.